The first-order valence-corrected chi connectivity index (χ1v) is 4.41. The van der Waals surface area contributed by atoms with Crippen molar-refractivity contribution >= 4 is 5.97 Å². The molecule has 0 saturated heterocycles. The molecule has 0 saturated carbocycles. The van der Waals surface area contributed by atoms with Crippen LogP contribution in [0, 0.1) is 13.8 Å². The van der Waals surface area contributed by atoms with Crippen molar-refractivity contribution in [1.82, 2.24) is 9.78 Å². The minimum absolute atomic E-state index is 0.0860. The van der Waals surface area contributed by atoms with E-state index in [4.69, 9.17) is 10.8 Å². The number of aryl methyl sites for hydroxylation is 1. The average Bonchev–Trinajstić information content (AvgIpc) is 2.32. The van der Waals surface area contributed by atoms with Crippen LogP contribution in [0.25, 0.3) is 0 Å². The van der Waals surface area contributed by atoms with Crippen molar-refractivity contribution in [3.05, 3.63) is 17.0 Å². The first-order valence-electron chi connectivity index (χ1n) is 4.41. The van der Waals surface area contributed by atoms with Crippen LogP contribution in [0.4, 0.5) is 0 Å². The van der Waals surface area contributed by atoms with Gasteiger partial charge < -0.3 is 10.8 Å². The van der Waals surface area contributed by atoms with Crippen LogP contribution in [0.3, 0.4) is 0 Å². The van der Waals surface area contributed by atoms with Crippen molar-refractivity contribution in [2.24, 2.45) is 12.8 Å². The second kappa shape index (κ2) is 3.79. The molecule has 1 rings (SSSR count). The van der Waals surface area contributed by atoms with Gasteiger partial charge in [0.15, 0.2) is 0 Å². The highest BCUT2D eigenvalue weighted by Gasteiger charge is 2.18. The highest BCUT2D eigenvalue weighted by Crippen LogP contribution is 2.19. The number of nitrogens with two attached hydrogens (primary N) is 1. The van der Waals surface area contributed by atoms with Crippen molar-refractivity contribution in [2.45, 2.75) is 26.3 Å². The Morgan fingerprint density at radius 2 is 2.21 bits per heavy atom. The quantitative estimate of drug-likeness (QED) is 0.739. The Kier molecular flexibility index (Phi) is 2.90. The van der Waals surface area contributed by atoms with Crippen LogP contribution in [-0.4, -0.2) is 20.9 Å². The van der Waals surface area contributed by atoms with E-state index < -0.39 is 12.0 Å². The Labute approximate surface area is 82.5 Å². The maximum atomic E-state index is 10.5. The number of aromatic nitrogens is 2. The number of nitrogens with zero attached hydrogens (tertiary/aromatic N) is 2. The lowest BCUT2D eigenvalue weighted by Gasteiger charge is -2.05. The van der Waals surface area contributed by atoms with Crippen LogP contribution < -0.4 is 5.73 Å². The van der Waals surface area contributed by atoms with Gasteiger partial charge in [-0.05, 0) is 19.4 Å². The van der Waals surface area contributed by atoms with Crippen LogP contribution in [0.15, 0.2) is 0 Å². The summed E-state index contributed by atoms with van der Waals surface area (Å²) in [7, 11) is 1.82. The Hall–Kier alpha value is -1.36. The van der Waals surface area contributed by atoms with Crippen LogP contribution in [0.1, 0.15) is 29.4 Å². The monoisotopic (exact) mass is 197 g/mol. The van der Waals surface area contributed by atoms with Crippen molar-refractivity contribution in [2.75, 3.05) is 0 Å². The standard InChI is InChI=1S/C9H15N3O2/c1-5-6(2)12(3)11-9(5)7(10)4-8(13)14/h7H,4,10H2,1-3H3,(H,13,14). The molecule has 0 aromatic carbocycles. The molecule has 1 aromatic heterocycles. The SMILES string of the molecule is Cc1c(C(N)CC(=O)O)nn(C)c1C. The van der Waals surface area contributed by atoms with Crippen molar-refractivity contribution in [3.63, 3.8) is 0 Å². The fourth-order valence-electron chi connectivity index (χ4n) is 1.38. The van der Waals surface area contributed by atoms with Gasteiger partial charge in [0.25, 0.3) is 0 Å². The van der Waals surface area contributed by atoms with Gasteiger partial charge in [0.2, 0.25) is 0 Å². The molecular weight excluding hydrogens is 182 g/mol. The van der Waals surface area contributed by atoms with Gasteiger partial charge in [0, 0.05) is 12.7 Å². The number of rotatable bonds is 3. The van der Waals surface area contributed by atoms with Gasteiger partial charge in [-0.3, -0.25) is 9.48 Å². The van der Waals surface area contributed by atoms with E-state index in [1.54, 1.807) is 4.68 Å². The summed E-state index contributed by atoms with van der Waals surface area (Å²) >= 11 is 0. The number of hydrogen-bond acceptors (Lipinski definition) is 3. The smallest absolute Gasteiger partial charge is 0.305 e. The number of carboxylic acid groups (broad SMARTS) is 1. The molecule has 1 atom stereocenters. The summed E-state index contributed by atoms with van der Waals surface area (Å²) in [6.45, 7) is 3.83. The minimum atomic E-state index is -0.903. The average molecular weight is 197 g/mol. The Balaban J connectivity index is 2.95. The molecule has 0 aliphatic carbocycles. The fourth-order valence-corrected chi connectivity index (χ4v) is 1.38. The summed E-state index contributed by atoms with van der Waals surface area (Å²) in [4.78, 5) is 10.5. The Bertz CT molecular complexity index is 357. The largest absolute Gasteiger partial charge is 0.481 e. The van der Waals surface area contributed by atoms with Gasteiger partial charge >= 0.3 is 5.97 Å². The number of hydrogen-bond donors (Lipinski definition) is 2. The molecule has 0 spiro atoms. The zero-order valence-corrected chi connectivity index (χ0v) is 8.61. The molecule has 0 radical (unpaired) electrons. The summed E-state index contributed by atoms with van der Waals surface area (Å²) in [6.07, 6.45) is -0.0860. The van der Waals surface area contributed by atoms with Crippen molar-refractivity contribution < 1.29 is 9.90 Å². The van der Waals surface area contributed by atoms with Gasteiger partial charge in [0.05, 0.1) is 18.2 Å². The first kappa shape index (κ1) is 10.7. The summed E-state index contributed by atoms with van der Waals surface area (Å²) < 4.78 is 1.71. The predicted molar refractivity (Wildman–Crippen MR) is 51.9 cm³/mol. The van der Waals surface area contributed by atoms with Crippen molar-refractivity contribution in [1.29, 1.82) is 0 Å². The Morgan fingerprint density at radius 3 is 2.57 bits per heavy atom. The molecule has 1 unspecified atom stereocenters. The number of carbonyl (C=O) groups is 1. The van der Waals surface area contributed by atoms with E-state index in [0.717, 1.165) is 11.3 Å². The van der Waals surface area contributed by atoms with Crippen molar-refractivity contribution in [3.8, 4) is 0 Å². The molecule has 0 bridgehead atoms. The lowest BCUT2D eigenvalue weighted by Crippen LogP contribution is -2.16. The molecule has 5 heteroatoms. The molecular formula is C9H15N3O2. The van der Waals surface area contributed by atoms with Gasteiger partial charge in [-0.2, -0.15) is 5.10 Å². The molecule has 1 heterocycles. The third-order valence-corrected chi connectivity index (χ3v) is 2.42. The second-order valence-electron chi connectivity index (χ2n) is 3.42. The van der Waals surface area contributed by atoms with E-state index in [2.05, 4.69) is 5.10 Å². The molecule has 3 N–H and O–H groups in total. The summed E-state index contributed by atoms with van der Waals surface area (Å²) in [5, 5.41) is 12.8. The number of aliphatic carboxylic acids is 1. The van der Waals surface area contributed by atoms with Crippen LogP contribution in [-0.2, 0) is 11.8 Å². The highest BCUT2D eigenvalue weighted by atomic mass is 16.4. The molecule has 5 nitrogen and oxygen atoms in total. The molecule has 0 aliphatic rings. The lowest BCUT2D eigenvalue weighted by atomic mass is 10.1. The Morgan fingerprint density at radius 1 is 1.64 bits per heavy atom. The molecule has 0 amide bonds. The normalized spacial score (nSPS) is 12.9. The van der Waals surface area contributed by atoms with Crippen LogP contribution >= 0.6 is 0 Å². The zero-order valence-electron chi connectivity index (χ0n) is 8.61. The maximum Gasteiger partial charge on any atom is 0.305 e. The lowest BCUT2D eigenvalue weighted by molar-refractivity contribution is -0.137. The van der Waals surface area contributed by atoms with Gasteiger partial charge in [-0.1, -0.05) is 0 Å². The third-order valence-electron chi connectivity index (χ3n) is 2.42. The van der Waals surface area contributed by atoms with Gasteiger partial charge in [-0.15, -0.1) is 0 Å². The number of carboxylic acids is 1. The maximum absolute atomic E-state index is 10.5. The van der Waals surface area contributed by atoms with Gasteiger partial charge in [-0.25, -0.2) is 0 Å². The van der Waals surface area contributed by atoms with E-state index in [1.807, 2.05) is 20.9 Å². The molecule has 0 fully saturated rings. The van der Waals surface area contributed by atoms with E-state index in [1.165, 1.54) is 0 Å². The highest BCUT2D eigenvalue weighted by molar-refractivity contribution is 5.67. The third kappa shape index (κ3) is 1.93. The minimum Gasteiger partial charge on any atom is -0.481 e. The van der Waals surface area contributed by atoms with Gasteiger partial charge in [0.1, 0.15) is 0 Å². The van der Waals surface area contributed by atoms with E-state index in [0.29, 0.717) is 5.69 Å². The second-order valence-corrected chi connectivity index (χ2v) is 3.42. The molecule has 1 aromatic rings. The predicted octanol–water partition coefficient (Wildman–Crippen LogP) is 0.511. The fraction of sp³-hybridized carbons (Fsp3) is 0.556. The summed E-state index contributed by atoms with van der Waals surface area (Å²) in [5.74, 6) is -0.903. The summed E-state index contributed by atoms with van der Waals surface area (Å²) in [6, 6.07) is -0.521. The molecule has 78 valence electrons. The topological polar surface area (TPSA) is 81.1 Å². The first-order chi connectivity index (χ1) is 6.43. The molecule has 0 aliphatic heterocycles. The van der Waals surface area contributed by atoms with E-state index >= 15 is 0 Å². The van der Waals surface area contributed by atoms with E-state index in [-0.39, 0.29) is 6.42 Å². The summed E-state index contributed by atoms with van der Waals surface area (Å²) in [5.41, 5.74) is 8.38. The zero-order chi connectivity index (χ0) is 10.9. The molecule has 14 heavy (non-hydrogen) atoms. The van der Waals surface area contributed by atoms with Crippen LogP contribution in [0.2, 0.25) is 0 Å². The van der Waals surface area contributed by atoms with Crippen LogP contribution in [0.5, 0.6) is 0 Å². The van der Waals surface area contributed by atoms with E-state index in [9.17, 15) is 4.79 Å².